The number of aliphatic carboxylic acids is 2. The van der Waals surface area contributed by atoms with Gasteiger partial charge in [-0.15, -0.1) is 0 Å². The highest BCUT2D eigenvalue weighted by Crippen LogP contribution is 2.32. The lowest BCUT2D eigenvalue weighted by atomic mass is 10.0. The molecule has 144 valence electrons. The van der Waals surface area contributed by atoms with Crippen LogP contribution in [0.4, 0.5) is 11.4 Å². The quantitative estimate of drug-likeness (QED) is 0.619. The van der Waals surface area contributed by atoms with Crippen molar-refractivity contribution in [2.24, 2.45) is 0 Å². The third-order valence-corrected chi connectivity index (χ3v) is 4.28. The maximum atomic E-state index is 9.64. The van der Waals surface area contributed by atoms with Gasteiger partial charge in [0, 0.05) is 6.20 Å². The molecule has 1 aliphatic rings. The molecule has 0 radical (unpaired) electrons. The summed E-state index contributed by atoms with van der Waals surface area (Å²) in [6.45, 7) is 2.02. The monoisotopic (exact) mass is 391 g/mol. The molecule has 0 fully saturated rings. The first-order valence-corrected chi connectivity index (χ1v) is 8.96. The van der Waals surface area contributed by atoms with E-state index in [0.717, 1.165) is 42.3 Å². The SMILES string of the molecule is Clc1ccc2c(c1Nc1cccnc1)CCNCC2.O=C(O)CCC(=O)O. The van der Waals surface area contributed by atoms with Gasteiger partial charge in [-0.3, -0.25) is 14.6 Å². The fourth-order valence-electron chi connectivity index (χ4n) is 2.67. The molecule has 0 saturated carbocycles. The summed E-state index contributed by atoms with van der Waals surface area (Å²) in [5.74, 6) is -2.15. The van der Waals surface area contributed by atoms with Gasteiger partial charge in [0.2, 0.25) is 0 Å². The van der Waals surface area contributed by atoms with E-state index in [2.05, 4.69) is 21.7 Å². The molecular weight excluding hydrogens is 370 g/mol. The average Bonchev–Trinajstić information content (AvgIpc) is 2.89. The smallest absolute Gasteiger partial charge is 0.303 e. The van der Waals surface area contributed by atoms with Crippen LogP contribution < -0.4 is 10.6 Å². The molecule has 0 unspecified atom stereocenters. The van der Waals surface area contributed by atoms with E-state index in [9.17, 15) is 9.59 Å². The fourth-order valence-corrected chi connectivity index (χ4v) is 2.90. The number of hydrogen-bond donors (Lipinski definition) is 4. The molecule has 2 aromatic rings. The van der Waals surface area contributed by atoms with E-state index in [1.54, 1.807) is 6.20 Å². The van der Waals surface area contributed by atoms with Crippen LogP contribution in [0.3, 0.4) is 0 Å². The van der Waals surface area contributed by atoms with Crippen molar-refractivity contribution < 1.29 is 19.8 Å². The van der Waals surface area contributed by atoms with Crippen molar-refractivity contribution in [1.82, 2.24) is 10.3 Å². The number of benzene rings is 1. The van der Waals surface area contributed by atoms with Crippen LogP contribution in [0.5, 0.6) is 0 Å². The third kappa shape index (κ3) is 6.88. The van der Waals surface area contributed by atoms with Crippen LogP contribution in [0.25, 0.3) is 0 Å². The van der Waals surface area contributed by atoms with E-state index < -0.39 is 11.9 Å². The number of carboxylic acid groups (broad SMARTS) is 2. The number of nitrogens with zero attached hydrogens (tertiary/aromatic N) is 1. The summed E-state index contributed by atoms with van der Waals surface area (Å²) >= 11 is 6.36. The van der Waals surface area contributed by atoms with Crippen molar-refractivity contribution in [2.45, 2.75) is 25.7 Å². The van der Waals surface area contributed by atoms with Crippen LogP contribution in [0.1, 0.15) is 24.0 Å². The Kier molecular flexibility index (Phi) is 8.03. The van der Waals surface area contributed by atoms with Crippen LogP contribution >= 0.6 is 11.6 Å². The molecule has 0 spiro atoms. The number of aromatic nitrogens is 1. The molecule has 8 heteroatoms. The number of hydrogen-bond acceptors (Lipinski definition) is 5. The Morgan fingerprint density at radius 1 is 1.11 bits per heavy atom. The van der Waals surface area contributed by atoms with Crippen LogP contribution in [0, 0.1) is 0 Å². The molecule has 0 aliphatic carbocycles. The van der Waals surface area contributed by atoms with Gasteiger partial charge < -0.3 is 20.8 Å². The highest BCUT2D eigenvalue weighted by Gasteiger charge is 2.14. The lowest BCUT2D eigenvalue weighted by Crippen LogP contribution is -2.16. The maximum Gasteiger partial charge on any atom is 0.303 e. The van der Waals surface area contributed by atoms with Gasteiger partial charge in [-0.2, -0.15) is 0 Å². The minimum atomic E-state index is -1.08. The average molecular weight is 392 g/mol. The Bertz CT molecular complexity index is 770. The number of carbonyl (C=O) groups is 2. The highest BCUT2D eigenvalue weighted by atomic mass is 35.5. The summed E-state index contributed by atoms with van der Waals surface area (Å²) in [5.41, 5.74) is 4.69. The molecule has 1 aromatic carbocycles. The van der Waals surface area contributed by atoms with E-state index in [-0.39, 0.29) is 12.8 Å². The Hall–Kier alpha value is -2.64. The van der Waals surface area contributed by atoms with Gasteiger partial charge in [0.05, 0.1) is 35.4 Å². The number of nitrogens with one attached hydrogen (secondary N) is 2. The van der Waals surface area contributed by atoms with E-state index in [1.165, 1.54) is 11.1 Å². The lowest BCUT2D eigenvalue weighted by Gasteiger charge is -2.16. The highest BCUT2D eigenvalue weighted by molar-refractivity contribution is 6.33. The molecule has 27 heavy (non-hydrogen) atoms. The molecule has 0 amide bonds. The third-order valence-electron chi connectivity index (χ3n) is 3.97. The summed E-state index contributed by atoms with van der Waals surface area (Å²) < 4.78 is 0. The Balaban J connectivity index is 0.000000279. The number of anilines is 2. The van der Waals surface area contributed by atoms with E-state index in [1.807, 2.05) is 24.4 Å². The zero-order valence-corrected chi connectivity index (χ0v) is 15.5. The molecule has 1 aliphatic heterocycles. The second-order valence-corrected chi connectivity index (χ2v) is 6.37. The first-order chi connectivity index (χ1) is 13.0. The van der Waals surface area contributed by atoms with Crippen molar-refractivity contribution in [3.8, 4) is 0 Å². The number of halogens is 1. The van der Waals surface area contributed by atoms with Gasteiger partial charge in [0.1, 0.15) is 0 Å². The van der Waals surface area contributed by atoms with Gasteiger partial charge in [0.15, 0.2) is 0 Å². The fraction of sp³-hybridized carbons (Fsp3) is 0.316. The predicted molar refractivity (Wildman–Crippen MR) is 104 cm³/mol. The first-order valence-electron chi connectivity index (χ1n) is 8.59. The normalized spacial score (nSPS) is 12.8. The van der Waals surface area contributed by atoms with Crippen LogP contribution in [0.15, 0.2) is 36.7 Å². The number of carboxylic acids is 2. The Morgan fingerprint density at radius 3 is 2.44 bits per heavy atom. The van der Waals surface area contributed by atoms with Crippen molar-refractivity contribution in [3.05, 3.63) is 52.8 Å². The Morgan fingerprint density at radius 2 is 1.81 bits per heavy atom. The topological polar surface area (TPSA) is 112 Å². The number of pyridine rings is 1. The zero-order chi connectivity index (χ0) is 19.6. The molecule has 0 bridgehead atoms. The lowest BCUT2D eigenvalue weighted by molar-refractivity contribution is -0.143. The zero-order valence-electron chi connectivity index (χ0n) is 14.7. The van der Waals surface area contributed by atoms with E-state index >= 15 is 0 Å². The van der Waals surface area contributed by atoms with Gasteiger partial charge in [-0.1, -0.05) is 17.7 Å². The van der Waals surface area contributed by atoms with Crippen molar-refractivity contribution in [1.29, 1.82) is 0 Å². The van der Waals surface area contributed by atoms with Gasteiger partial charge in [-0.05, 0) is 55.3 Å². The summed E-state index contributed by atoms with van der Waals surface area (Å²) in [7, 11) is 0. The Labute approximate surface area is 162 Å². The predicted octanol–water partition coefficient (Wildman–Crippen LogP) is 3.10. The second-order valence-electron chi connectivity index (χ2n) is 5.96. The molecule has 4 N–H and O–H groups in total. The largest absolute Gasteiger partial charge is 0.481 e. The molecule has 7 nitrogen and oxygen atoms in total. The van der Waals surface area contributed by atoms with Crippen LogP contribution in [-0.2, 0) is 22.4 Å². The van der Waals surface area contributed by atoms with Crippen LogP contribution in [0.2, 0.25) is 5.02 Å². The first kappa shape index (κ1) is 20.7. The van der Waals surface area contributed by atoms with Gasteiger partial charge in [-0.25, -0.2) is 0 Å². The summed E-state index contributed by atoms with van der Waals surface area (Å²) in [6, 6.07) is 8.03. The molecule has 1 aromatic heterocycles. The van der Waals surface area contributed by atoms with E-state index in [4.69, 9.17) is 21.8 Å². The minimum Gasteiger partial charge on any atom is -0.481 e. The van der Waals surface area contributed by atoms with E-state index in [0.29, 0.717) is 0 Å². The molecule has 2 heterocycles. The molecule has 3 rings (SSSR count). The minimum absolute atomic E-state index is 0.296. The number of fused-ring (bicyclic) bond motifs is 1. The van der Waals surface area contributed by atoms with Crippen molar-refractivity contribution in [3.63, 3.8) is 0 Å². The second kappa shape index (κ2) is 10.5. The standard InChI is InChI=1S/C15H16ClN3.C4H6O4/c16-14-4-3-11-5-8-17-9-6-13(11)15(14)19-12-2-1-7-18-10-12;5-3(6)1-2-4(7)8/h1-4,7,10,17,19H,5-6,8-9H2;1-2H2,(H,5,6)(H,7,8). The molecule has 0 atom stereocenters. The molecular formula is C19H22ClN3O4. The van der Waals surface area contributed by atoms with Crippen molar-refractivity contribution in [2.75, 3.05) is 18.4 Å². The summed E-state index contributed by atoms with van der Waals surface area (Å²) in [4.78, 5) is 23.4. The van der Waals surface area contributed by atoms with Gasteiger partial charge in [0.25, 0.3) is 0 Å². The number of rotatable bonds is 5. The summed E-state index contributed by atoms with van der Waals surface area (Å²) in [5, 5.41) is 23.4. The molecule has 0 saturated heterocycles. The van der Waals surface area contributed by atoms with Crippen molar-refractivity contribution >= 4 is 34.9 Å². The van der Waals surface area contributed by atoms with Gasteiger partial charge >= 0.3 is 11.9 Å². The maximum absolute atomic E-state index is 9.64. The summed E-state index contributed by atoms with van der Waals surface area (Å²) in [6.07, 6.45) is 5.03. The van der Waals surface area contributed by atoms with Crippen LogP contribution in [-0.4, -0.2) is 40.2 Å².